The van der Waals surface area contributed by atoms with Gasteiger partial charge in [0.15, 0.2) is 11.5 Å². The number of methoxy groups -OCH3 is 3. The van der Waals surface area contributed by atoms with Gasteiger partial charge in [-0.05, 0) is 58.5 Å². The summed E-state index contributed by atoms with van der Waals surface area (Å²) >= 11 is 1.61. The number of hydrogen-bond acceptors (Lipinski definition) is 6. The second-order valence-electron chi connectivity index (χ2n) is 9.59. The molecule has 9 heteroatoms. The first-order valence-corrected chi connectivity index (χ1v) is 15.5. The van der Waals surface area contributed by atoms with E-state index >= 15 is 0 Å². The highest BCUT2D eigenvalue weighted by molar-refractivity contribution is 7.46. The predicted molar refractivity (Wildman–Crippen MR) is 168 cm³/mol. The molecule has 0 saturated heterocycles. The van der Waals surface area contributed by atoms with Crippen molar-refractivity contribution in [1.29, 1.82) is 0 Å². The number of thiophene rings is 1. The van der Waals surface area contributed by atoms with Gasteiger partial charge in [-0.25, -0.2) is 4.57 Å². The maximum atomic E-state index is 12.1. The van der Waals surface area contributed by atoms with Gasteiger partial charge in [-0.1, -0.05) is 72.8 Å². The Labute approximate surface area is 248 Å². The first-order valence-electron chi connectivity index (χ1n) is 13.2. The van der Waals surface area contributed by atoms with Crippen molar-refractivity contribution in [2.24, 2.45) is 0 Å². The van der Waals surface area contributed by atoms with E-state index in [0.717, 1.165) is 37.4 Å². The fraction of sp³-hybridized carbons (Fsp3) is 0.152. The van der Waals surface area contributed by atoms with Gasteiger partial charge in [0.2, 0.25) is 5.75 Å². The number of ether oxygens (including phenoxy) is 3. The fourth-order valence-electron chi connectivity index (χ4n) is 4.92. The number of phosphoric ester groups is 1. The van der Waals surface area contributed by atoms with Gasteiger partial charge in [-0.15, -0.1) is 11.3 Å². The molecule has 0 aliphatic carbocycles. The second-order valence-corrected chi connectivity index (χ2v) is 11.9. The molecule has 0 radical (unpaired) electrons. The van der Waals surface area contributed by atoms with Crippen LogP contribution < -0.4 is 18.7 Å². The summed E-state index contributed by atoms with van der Waals surface area (Å²) in [7, 11) is -0.183. The van der Waals surface area contributed by atoms with E-state index in [2.05, 4.69) is 12.1 Å². The molecule has 0 fully saturated rings. The molecule has 0 spiro atoms. The minimum absolute atomic E-state index is 0.145. The van der Waals surface area contributed by atoms with Crippen LogP contribution in [0.3, 0.4) is 0 Å². The maximum Gasteiger partial charge on any atom is 0.524 e. The van der Waals surface area contributed by atoms with Crippen molar-refractivity contribution in [2.45, 2.75) is 12.8 Å². The van der Waals surface area contributed by atoms with E-state index in [4.69, 9.17) is 18.7 Å². The van der Waals surface area contributed by atoms with Gasteiger partial charge in [0.1, 0.15) is 5.75 Å². The zero-order valence-electron chi connectivity index (χ0n) is 23.4. The smallest absolute Gasteiger partial charge is 0.493 e. The summed E-state index contributed by atoms with van der Waals surface area (Å²) in [6, 6.07) is 27.5. The third-order valence-electron chi connectivity index (χ3n) is 6.76. The molecule has 0 bridgehead atoms. The molecule has 5 aromatic rings. The van der Waals surface area contributed by atoms with Crippen LogP contribution in [0.1, 0.15) is 32.7 Å². The van der Waals surface area contributed by atoms with Crippen molar-refractivity contribution < 1.29 is 33.1 Å². The van der Waals surface area contributed by atoms with Crippen LogP contribution in [0.4, 0.5) is 0 Å². The van der Waals surface area contributed by atoms with E-state index in [1.54, 1.807) is 38.7 Å². The highest BCUT2D eigenvalue weighted by Crippen LogP contribution is 2.47. The lowest BCUT2D eigenvalue weighted by molar-refractivity contribution is 0.284. The van der Waals surface area contributed by atoms with Crippen molar-refractivity contribution in [1.82, 2.24) is 0 Å². The first kappa shape index (κ1) is 29.4. The van der Waals surface area contributed by atoms with Gasteiger partial charge in [-0.3, -0.25) is 9.79 Å². The zero-order chi connectivity index (χ0) is 29.7. The molecule has 0 saturated carbocycles. The molecule has 0 unspecified atom stereocenters. The Hall–Kier alpha value is -4.07. The lowest BCUT2D eigenvalue weighted by Gasteiger charge is -2.13. The normalized spacial score (nSPS) is 11.6. The summed E-state index contributed by atoms with van der Waals surface area (Å²) < 4.78 is 34.7. The van der Waals surface area contributed by atoms with Gasteiger partial charge >= 0.3 is 7.82 Å². The standard InChI is InChI=1S/C33H31O7PS/c1-37-28-18-24(19-29(38-2)33(28)39-3)14-15-25-17-27(40-41(34,35)36)32-26(16-22-10-6-4-7-11-22)30(42-31(32)21-25)20-23-12-8-5-9-13-23/h4-15,17-19,21H,16,20H2,1-3H3,(H2,34,35,36). The Kier molecular flexibility index (Phi) is 9.00. The SMILES string of the molecule is COc1cc(C=Cc2cc(OP(=O)(O)O)c3c(Cc4ccccc4)c(Cc4ccccc4)sc3c2)cc(OC)c1OC. The van der Waals surface area contributed by atoms with Gasteiger partial charge < -0.3 is 18.7 Å². The van der Waals surface area contributed by atoms with E-state index in [-0.39, 0.29) is 5.75 Å². The van der Waals surface area contributed by atoms with Crippen LogP contribution in [0.2, 0.25) is 0 Å². The average molecular weight is 603 g/mol. The van der Waals surface area contributed by atoms with Crippen molar-refractivity contribution in [3.8, 4) is 23.0 Å². The first-order chi connectivity index (χ1) is 20.3. The average Bonchev–Trinajstić information content (AvgIpc) is 3.32. The maximum absolute atomic E-state index is 12.1. The third-order valence-corrected chi connectivity index (χ3v) is 8.38. The summed E-state index contributed by atoms with van der Waals surface area (Å²) in [5.41, 5.74) is 4.76. The topological polar surface area (TPSA) is 94.5 Å². The van der Waals surface area contributed by atoms with Gasteiger partial charge in [0.25, 0.3) is 0 Å². The largest absolute Gasteiger partial charge is 0.524 e. The van der Waals surface area contributed by atoms with Crippen LogP contribution in [-0.2, 0) is 17.4 Å². The minimum atomic E-state index is -4.85. The minimum Gasteiger partial charge on any atom is -0.493 e. The number of fused-ring (bicyclic) bond motifs is 1. The Morgan fingerprint density at radius 3 is 1.76 bits per heavy atom. The molecule has 1 aromatic heterocycles. The molecule has 0 amide bonds. The van der Waals surface area contributed by atoms with Crippen molar-refractivity contribution >= 4 is 41.4 Å². The van der Waals surface area contributed by atoms with Gasteiger partial charge in [0.05, 0.1) is 21.3 Å². The molecule has 0 aliphatic heterocycles. The summed E-state index contributed by atoms with van der Waals surface area (Å²) in [6.07, 6.45) is 5.02. The molecule has 42 heavy (non-hydrogen) atoms. The van der Waals surface area contributed by atoms with Crippen LogP contribution in [-0.4, -0.2) is 31.1 Å². The molecular weight excluding hydrogens is 571 g/mol. The molecule has 0 atom stereocenters. The van der Waals surface area contributed by atoms with E-state index in [1.165, 1.54) is 0 Å². The molecule has 216 valence electrons. The Bertz CT molecular complexity index is 1730. The number of phosphoric acid groups is 1. The Balaban J connectivity index is 1.64. The summed E-state index contributed by atoms with van der Waals surface area (Å²) in [5, 5.41) is 0.711. The van der Waals surface area contributed by atoms with Crippen molar-refractivity contribution in [2.75, 3.05) is 21.3 Å². The lowest BCUT2D eigenvalue weighted by atomic mass is 9.97. The predicted octanol–water partition coefficient (Wildman–Crippen LogP) is 7.75. The monoisotopic (exact) mass is 602 g/mol. The van der Waals surface area contributed by atoms with E-state index in [1.807, 2.05) is 78.9 Å². The van der Waals surface area contributed by atoms with Crippen LogP contribution in [0.25, 0.3) is 22.2 Å². The molecule has 7 nitrogen and oxygen atoms in total. The van der Waals surface area contributed by atoms with E-state index in [9.17, 15) is 14.4 Å². The third kappa shape index (κ3) is 6.86. The van der Waals surface area contributed by atoms with Crippen molar-refractivity contribution in [3.63, 3.8) is 0 Å². The molecule has 0 aliphatic rings. The van der Waals surface area contributed by atoms with Gasteiger partial charge in [-0.2, -0.15) is 0 Å². The van der Waals surface area contributed by atoms with Crippen molar-refractivity contribution in [3.05, 3.63) is 118 Å². The van der Waals surface area contributed by atoms with Crippen LogP contribution in [0.15, 0.2) is 84.9 Å². The molecular formula is C33H31O7PS. The second kappa shape index (κ2) is 12.8. The lowest BCUT2D eigenvalue weighted by Crippen LogP contribution is -1.96. The van der Waals surface area contributed by atoms with Gasteiger partial charge in [0, 0.05) is 21.4 Å². The summed E-state index contributed by atoms with van der Waals surface area (Å²) in [4.78, 5) is 20.8. The van der Waals surface area contributed by atoms with Crippen LogP contribution in [0, 0.1) is 0 Å². The van der Waals surface area contributed by atoms with E-state index in [0.29, 0.717) is 35.5 Å². The quantitative estimate of drug-likeness (QED) is 0.118. The highest BCUT2D eigenvalue weighted by atomic mass is 32.1. The Morgan fingerprint density at radius 1 is 0.714 bits per heavy atom. The number of benzene rings is 4. The van der Waals surface area contributed by atoms with E-state index < -0.39 is 7.82 Å². The molecule has 5 rings (SSSR count). The highest BCUT2D eigenvalue weighted by Gasteiger charge is 2.23. The number of rotatable bonds is 11. The Morgan fingerprint density at radius 2 is 1.24 bits per heavy atom. The van der Waals surface area contributed by atoms with Crippen LogP contribution in [0.5, 0.6) is 23.0 Å². The summed E-state index contributed by atoms with van der Waals surface area (Å²) in [5.74, 6) is 1.68. The molecule has 4 aromatic carbocycles. The molecule has 2 N–H and O–H groups in total. The van der Waals surface area contributed by atoms with Crippen LogP contribution >= 0.6 is 19.2 Å². The zero-order valence-corrected chi connectivity index (χ0v) is 25.2. The number of hydrogen-bond donors (Lipinski definition) is 2. The fourth-order valence-corrected chi connectivity index (χ4v) is 6.64. The molecule has 1 heterocycles. The summed E-state index contributed by atoms with van der Waals surface area (Å²) in [6.45, 7) is 0.